The lowest BCUT2D eigenvalue weighted by atomic mass is 9.99. The second-order valence-corrected chi connectivity index (χ2v) is 5.17. The quantitative estimate of drug-likeness (QED) is 0.587. The van der Waals surface area contributed by atoms with Gasteiger partial charge < -0.3 is 4.74 Å². The van der Waals surface area contributed by atoms with Crippen molar-refractivity contribution >= 4 is 0 Å². The van der Waals surface area contributed by atoms with E-state index in [-0.39, 0.29) is 11.2 Å². The van der Waals surface area contributed by atoms with Crippen LogP contribution >= 0.6 is 0 Å². The lowest BCUT2D eigenvalue weighted by Gasteiger charge is -2.35. The Morgan fingerprint density at radius 3 is 1.40 bits per heavy atom. The van der Waals surface area contributed by atoms with Crippen molar-refractivity contribution in [2.75, 3.05) is 0 Å². The molecule has 1 nitrogen and oxygen atoms in total. The zero-order valence-corrected chi connectivity index (χ0v) is 11.1. The van der Waals surface area contributed by atoms with Crippen LogP contribution < -0.4 is 0 Å². The standard InChI is InChI=1S/C14H26O/c1-7-9-11-13(3,4)15-14(5,6)12-10-8-2/h7-10H,11-12H2,1-6H3. The molecule has 0 aliphatic carbocycles. The fourth-order valence-corrected chi connectivity index (χ4v) is 1.63. The van der Waals surface area contributed by atoms with Crippen LogP contribution in [0.3, 0.4) is 0 Å². The fourth-order valence-electron chi connectivity index (χ4n) is 1.63. The summed E-state index contributed by atoms with van der Waals surface area (Å²) < 4.78 is 6.13. The van der Waals surface area contributed by atoms with E-state index in [2.05, 4.69) is 52.0 Å². The molecule has 0 aromatic rings. The van der Waals surface area contributed by atoms with Crippen molar-refractivity contribution in [1.29, 1.82) is 0 Å². The minimum atomic E-state index is -0.0857. The molecule has 0 fully saturated rings. The molecule has 15 heavy (non-hydrogen) atoms. The number of hydrogen-bond acceptors (Lipinski definition) is 1. The van der Waals surface area contributed by atoms with Crippen molar-refractivity contribution in [3.05, 3.63) is 24.3 Å². The molecule has 0 aliphatic heterocycles. The van der Waals surface area contributed by atoms with Crippen molar-refractivity contribution in [2.45, 2.75) is 65.6 Å². The summed E-state index contributed by atoms with van der Waals surface area (Å²) in [4.78, 5) is 0. The maximum absolute atomic E-state index is 6.13. The highest BCUT2D eigenvalue weighted by atomic mass is 16.5. The van der Waals surface area contributed by atoms with Gasteiger partial charge in [0.15, 0.2) is 0 Å². The van der Waals surface area contributed by atoms with Crippen LogP contribution in [0.2, 0.25) is 0 Å². The first kappa shape index (κ1) is 14.4. The molecule has 88 valence electrons. The average molecular weight is 210 g/mol. The molecule has 0 saturated heterocycles. The Hall–Kier alpha value is -0.560. The Morgan fingerprint density at radius 2 is 1.13 bits per heavy atom. The Labute approximate surface area is 95.2 Å². The highest BCUT2D eigenvalue weighted by molar-refractivity contribution is 4.91. The smallest absolute Gasteiger partial charge is 0.0668 e. The molecule has 0 unspecified atom stereocenters. The Morgan fingerprint density at radius 1 is 0.800 bits per heavy atom. The van der Waals surface area contributed by atoms with Crippen LogP contribution in [-0.2, 0) is 4.74 Å². The van der Waals surface area contributed by atoms with Crippen LogP contribution in [-0.4, -0.2) is 11.2 Å². The van der Waals surface area contributed by atoms with Gasteiger partial charge in [0.25, 0.3) is 0 Å². The van der Waals surface area contributed by atoms with Crippen molar-refractivity contribution in [2.24, 2.45) is 0 Å². The highest BCUT2D eigenvalue weighted by Crippen LogP contribution is 2.26. The lowest BCUT2D eigenvalue weighted by molar-refractivity contribution is -0.118. The molecule has 0 amide bonds. The zero-order chi connectivity index (χ0) is 11.9. The Bertz CT molecular complexity index is 197. The third-order valence-corrected chi connectivity index (χ3v) is 2.24. The average Bonchev–Trinajstić information content (AvgIpc) is 2.10. The Balaban J connectivity index is 4.28. The van der Waals surface area contributed by atoms with Crippen LogP contribution in [0.15, 0.2) is 24.3 Å². The third kappa shape index (κ3) is 7.38. The molecular weight excluding hydrogens is 184 g/mol. The van der Waals surface area contributed by atoms with Gasteiger partial charge in [-0.25, -0.2) is 0 Å². The topological polar surface area (TPSA) is 9.23 Å². The van der Waals surface area contributed by atoms with Crippen molar-refractivity contribution in [3.8, 4) is 0 Å². The summed E-state index contributed by atoms with van der Waals surface area (Å²) >= 11 is 0. The summed E-state index contributed by atoms with van der Waals surface area (Å²) in [6.45, 7) is 12.7. The monoisotopic (exact) mass is 210 g/mol. The minimum absolute atomic E-state index is 0.0857. The molecule has 0 bridgehead atoms. The molecule has 0 aliphatic rings. The highest BCUT2D eigenvalue weighted by Gasteiger charge is 2.27. The van der Waals surface area contributed by atoms with Gasteiger partial charge in [0, 0.05) is 0 Å². The predicted octanol–water partition coefficient (Wildman–Crippen LogP) is 4.49. The second kappa shape index (κ2) is 6.12. The largest absolute Gasteiger partial charge is 0.369 e. The number of allylic oxidation sites excluding steroid dienone is 2. The third-order valence-electron chi connectivity index (χ3n) is 2.24. The first-order chi connectivity index (χ1) is 6.83. The van der Waals surface area contributed by atoms with E-state index in [4.69, 9.17) is 4.74 Å². The van der Waals surface area contributed by atoms with Gasteiger partial charge in [-0.2, -0.15) is 0 Å². The molecule has 0 aromatic heterocycles. The van der Waals surface area contributed by atoms with Gasteiger partial charge in [-0.3, -0.25) is 0 Å². The molecule has 0 spiro atoms. The number of hydrogen-bond donors (Lipinski definition) is 0. The molecule has 1 heteroatoms. The Kier molecular flexibility index (Phi) is 5.89. The van der Waals surface area contributed by atoms with E-state index in [0.717, 1.165) is 12.8 Å². The van der Waals surface area contributed by atoms with E-state index in [9.17, 15) is 0 Å². The molecule has 0 N–H and O–H groups in total. The molecule has 0 radical (unpaired) electrons. The maximum atomic E-state index is 6.13. The summed E-state index contributed by atoms with van der Waals surface area (Å²) in [5, 5.41) is 0. The van der Waals surface area contributed by atoms with Gasteiger partial charge in [-0.15, -0.1) is 0 Å². The number of ether oxygens (including phenoxy) is 1. The van der Waals surface area contributed by atoms with Gasteiger partial charge in [-0.05, 0) is 54.4 Å². The maximum Gasteiger partial charge on any atom is 0.0668 e. The van der Waals surface area contributed by atoms with E-state index in [1.54, 1.807) is 0 Å². The van der Waals surface area contributed by atoms with Crippen molar-refractivity contribution in [1.82, 2.24) is 0 Å². The summed E-state index contributed by atoms with van der Waals surface area (Å²) in [6, 6.07) is 0. The van der Waals surface area contributed by atoms with Crippen LogP contribution in [0.5, 0.6) is 0 Å². The number of rotatable bonds is 6. The first-order valence-corrected chi connectivity index (χ1v) is 5.75. The van der Waals surface area contributed by atoms with Gasteiger partial charge in [0.1, 0.15) is 0 Å². The van der Waals surface area contributed by atoms with E-state index >= 15 is 0 Å². The molecule has 0 aromatic carbocycles. The van der Waals surface area contributed by atoms with Gasteiger partial charge in [-0.1, -0.05) is 24.3 Å². The van der Waals surface area contributed by atoms with Crippen molar-refractivity contribution < 1.29 is 4.74 Å². The minimum Gasteiger partial charge on any atom is -0.369 e. The molecule has 0 heterocycles. The van der Waals surface area contributed by atoms with Crippen LogP contribution in [0.25, 0.3) is 0 Å². The molecule has 0 saturated carbocycles. The van der Waals surface area contributed by atoms with Crippen LogP contribution in [0.1, 0.15) is 54.4 Å². The predicted molar refractivity (Wildman–Crippen MR) is 68.1 cm³/mol. The normalized spacial score (nSPS) is 14.3. The summed E-state index contributed by atoms with van der Waals surface area (Å²) in [5.74, 6) is 0. The fraction of sp³-hybridized carbons (Fsp3) is 0.714. The van der Waals surface area contributed by atoms with E-state index < -0.39 is 0 Å². The van der Waals surface area contributed by atoms with Gasteiger partial charge in [0.05, 0.1) is 11.2 Å². The summed E-state index contributed by atoms with van der Waals surface area (Å²) in [5.41, 5.74) is -0.171. The summed E-state index contributed by atoms with van der Waals surface area (Å²) in [7, 11) is 0. The lowest BCUT2D eigenvalue weighted by Crippen LogP contribution is -2.36. The second-order valence-electron chi connectivity index (χ2n) is 5.17. The van der Waals surface area contributed by atoms with Crippen LogP contribution in [0, 0.1) is 0 Å². The first-order valence-electron chi connectivity index (χ1n) is 5.75. The van der Waals surface area contributed by atoms with Crippen LogP contribution in [0.4, 0.5) is 0 Å². The molecule has 0 rings (SSSR count). The summed E-state index contributed by atoms with van der Waals surface area (Å²) in [6.07, 6.45) is 10.4. The molecule has 0 atom stereocenters. The van der Waals surface area contributed by atoms with E-state index in [1.807, 2.05) is 13.8 Å². The zero-order valence-electron chi connectivity index (χ0n) is 11.1. The van der Waals surface area contributed by atoms with Gasteiger partial charge in [0.2, 0.25) is 0 Å². The van der Waals surface area contributed by atoms with Gasteiger partial charge >= 0.3 is 0 Å². The SMILES string of the molecule is CC=CCC(C)(C)OC(C)(C)CC=CC. The van der Waals surface area contributed by atoms with E-state index in [0.29, 0.717) is 0 Å². The molecular formula is C14H26O. The van der Waals surface area contributed by atoms with Crippen molar-refractivity contribution in [3.63, 3.8) is 0 Å². The van der Waals surface area contributed by atoms with E-state index in [1.165, 1.54) is 0 Å².